The van der Waals surface area contributed by atoms with Crippen LogP contribution in [0.2, 0.25) is 0 Å². The topological polar surface area (TPSA) is 55.1 Å². The summed E-state index contributed by atoms with van der Waals surface area (Å²) in [4.78, 5) is 11.5. The van der Waals surface area contributed by atoms with E-state index in [0.29, 0.717) is 6.42 Å². The van der Waals surface area contributed by atoms with Gasteiger partial charge < -0.3 is 11.1 Å². The largest absolute Gasteiger partial charge is 0.393 e. The van der Waals surface area contributed by atoms with Crippen LogP contribution in [0, 0.1) is 5.92 Å². The van der Waals surface area contributed by atoms with Crippen molar-refractivity contribution >= 4 is 23.1 Å². The average molecular weight is 256 g/mol. The van der Waals surface area contributed by atoms with Gasteiger partial charge in [-0.25, -0.2) is 0 Å². The number of hydrogen-bond donors (Lipinski definition) is 2. The summed E-state index contributed by atoms with van der Waals surface area (Å²) in [7, 11) is 0. The zero-order chi connectivity index (χ0) is 12.9. The maximum atomic E-state index is 12.0. The lowest BCUT2D eigenvalue weighted by atomic mass is 10.1. The quantitative estimate of drug-likeness (QED) is 0.737. The van der Waals surface area contributed by atoms with Crippen molar-refractivity contribution in [3.05, 3.63) is 0 Å². The van der Waals surface area contributed by atoms with Crippen LogP contribution in [0.25, 0.3) is 0 Å². The van der Waals surface area contributed by atoms with E-state index in [4.69, 9.17) is 5.73 Å². The molecule has 94 valence electrons. The van der Waals surface area contributed by atoms with Crippen LogP contribution in [-0.4, -0.2) is 23.1 Å². The molecule has 7 heteroatoms. The van der Waals surface area contributed by atoms with Crippen LogP contribution in [0.3, 0.4) is 0 Å². The Balaban J connectivity index is 4.28. The predicted octanol–water partition coefficient (Wildman–Crippen LogP) is 1.76. The molecule has 3 N–H and O–H groups in total. The number of nitrogens with two attached hydrogens (primary N) is 1. The molecule has 0 bridgehead atoms. The molecular weight excluding hydrogens is 241 g/mol. The van der Waals surface area contributed by atoms with Crippen LogP contribution < -0.4 is 11.1 Å². The minimum absolute atomic E-state index is 0.000733. The Morgan fingerprint density at radius 2 is 2.00 bits per heavy atom. The summed E-state index contributed by atoms with van der Waals surface area (Å²) in [5.74, 6) is -1.25. The fourth-order valence-electron chi connectivity index (χ4n) is 1.26. The Morgan fingerprint density at radius 3 is 2.31 bits per heavy atom. The molecule has 2 atom stereocenters. The molecule has 16 heavy (non-hydrogen) atoms. The normalized spacial score (nSPS) is 15.3. The first-order valence-corrected chi connectivity index (χ1v) is 5.24. The molecule has 0 rings (SSSR count). The smallest absolute Gasteiger partial charge is 0.391 e. The fourth-order valence-corrected chi connectivity index (χ4v) is 1.53. The van der Waals surface area contributed by atoms with E-state index in [2.05, 4.69) is 17.5 Å². The van der Waals surface area contributed by atoms with Gasteiger partial charge in [0.15, 0.2) is 0 Å². The number of hydrogen-bond acceptors (Lipinski definition) is 2. The average Bonchev–Trinajstić information content (AvgIpc) is 1.99. The zero-order valence-electron chi connectivity index (χ0n) is 9.10. The van der Waals surface area contributed by atoms with Gasteiger partial charge in [-0.1, -0.05) is 19.1 Å². The van der Waals surface area contributed by atoms with Crippen LogP contribution >= 0.6 is 12.2 Å². The number of carbonyl (C=O) groups excluding carboxylic acids is 1. The van der Waals surface area contributed by atoms with E-state index in [0.717, 1.165) is 0 Å². The van der Waals surface area contributed by atoms with Gasteiger partial charge in [-0.05, 0) is 13.3 Å². The van der Waals surface area contributed by atoms with Crippen LogP contribution in [0.4, 0.5) is 13.2 Å². The van der Waals surface area contributed by atoms with E-state index in [1.165, 1.54) is 6.92 Å². The molecule has 0 spiro atoms. The maximum Gasteiger partial charge on any atom is 0.391 e. The number of halogens is 3. The Kier molecular flexibility index (Phi) is 5.71. The maximum absolute atomic E-state index is 12.0. The highest BCUT2D eigenvalue weighted by Crippen LogP contribution is 2.21. The van der Waals surface area contributed by atoms with Crippen molar-refractivity contribution in [3.63, 3.8) is 0 Å². The van der Waals surface area contributed by atoms with E-state index in [1.54, 1.807) is 6.92 Å². The third-order valence-electron chi connectivity index (χ3n) is 1.99. The molecule has 2 unspecified atom stereocenters. The SMILES string of the molecule is CCC(C(=O)NC(C)CC(F)(F)F)C(N)=S. The molecular formula is C9H15F3N2OS. The Morgan fingerprint density at radius 1 is 1.50 bits per heavy atom. The number of alkyl halides is 3. The summed E-state index contributed by atoms with van der Waals surface area (Å²) in [5.41, 5.74) is 5.30. The number of carbonyl (C=O) groups is 1. The van der Waals surface area contributed by atoms with Crippen molar-refractivity contribution in [2.24, 2.45) is 11.7 Å². The third-order valence-corrected chi connectivity index (χ3v) is 2.28. The molecule has 0 fully saturated rings. The first-order valence-electron chi connectivity index (χ1n) is 4.83. The van der Waals surface area contributed by atoms with Gasteiger partial charge in [0.1, 0.15) is 0 Å². The highest BCUT2D eigenvalue weighted by atomic mass is 32.1. The summed E-state index contributed by atoms with van der Waals surface area (Å²) in [6.07, 6.45) is -4.98. The van der Waals surface area contributed by atoms with Crippen LogP contribution in [0.1, 0.15) is 26.7 Å². The van der Waals surface area contributed by atoms with Crippen molar-refractivity contribution in [2.45, 2.75) is 38.9 Å². The molecule has 3 nitrogen and oxygen atoms in total. The lowest BCUT2D eigenvalue weighted by Crippen LogP contribution is -2.43. The number of rotatable bonds is 5. The standard InChI is InChI=1S/C9H15F3N2OS/c1-3-6(7(13)16)8(15)14-5(2)4-9(10,11)12/h5-6H,3-4H2,1-2H3,(H2,13,16)(H,14,15). The molecule has 0 aromatic rings. The van der Waals surface area contributed by atoms with Gasteiger partial charge >= 0.3 is 6.18 Å². The van der Waals surface area contributed by atoms with Crippen molar-refractivity contribution in [1.82, 2.24) is 5.32 Å². The van der Waals surface area contributed by atoms with E-state index in [9.17, 15) is 18.0 Å². The molecule has 0 saturated carbocycles. The molecule has 1 amide bonds. The molecule has 0 aliphatic carbocycles. The van der Waals surface area contributed by atoms with Crippen LogP contribution in [0.5, 0.6) is 0 Å². The van der Waals surface area contributed by atoms with Gasteiger partial charge in [0, 0.05) is 6.04 Å². The van der Waals surface area contributed by atoms with Gasteiger partial charge in [-0.3, -0.25) is 4.79 Å². The van der Waals surface area contributed by atoms with Crippen LogP contribution in [-0.2, 0) is 4.79 Å². The number of amides is 1. The van der Waals surface area contributed by atoms with E-state index in [-0.39, 0.29) is 4.99 Å². The molecule has 0 heterocycles. The molecule has 0 aliphatic rings. The van der Waals surface area contributed by atoms with Crippen molar-refractivity contribution in [1.29, 1.82) is 0 Å². The minimum atomic E-state index is -4.29. The number of nitrogens with one attached hydrogen (secondary N) is 1. The second-order valence-corrected chi connectivity index (χ2v) is 4.06. The van der Waals surface area contributed by atoms with Crippen LogP contribution in [0.15, 0.2) is 0 Å². The van der Waals surface area contributed by atoms with Gasteiger partial charge in [0.2, 0.25) is 5.91 Å². The molecule has 0 saturated heterocycles. The molecule has 0 aromatic carbocycles. The summed E-state index contributed by atoms with van der Waals surface area (Å²) in [6, 6.07) is -0.976. The first kappa shape index (κ1) is 15.2. The Labute approximate surface area is 97.6 Å². The summed E-state index contributed by atoms with van der Waals surface area (Å²) in [5, 5.41) is 2.24. The van der Waals surface area contributed by atoms with Crippen molar-refractivity contribution in [3.8, 4) is 0 Å². The van der Waals surface area contributed by atoms with Gasteiger partial charge in [0.25, 0.3) is 0 Å². The fraction of sp³-hybridized carbons (Fsp3) is 0.778. The first-order chi connectivity index (χ1) is 7.17. The van der Waals surface area contributed by atoms with Gasteiger partial charge in [-0.15, -0.1) is 0 Å². The minimum Gasteiger partial charge on any atom is -0.393 e. The molecule has 0 radical (unpaired) electrons. The monoisotopic (exact) mass is 256 g/mol. The molecule has 0 aliphatic heterocycles. The predicted molar refractivity (Wildman–Crippen MR) is 58.8 cm³/mol. The lowest BCUT2D eigenvalue weighted by Gasteiger charge is -2.19. The Bertz CT molecular complexity index is 268. The van der Waals surface area contributed by atoms with E-state index < -0.39 is 30.5 Å². The highest BCUT2D eigenvalue weighted by molar-refractivity contribution is 7.80. The van der Waals surface area contributed by atoms with Gasteiger partial charge in [0.05, 0.1) is 17.3 Å². The number of thiocarbonyl (C=S) groups is 1. The zero-order valence-corrected chi connectivity index (χ0v) is 9.91. The lowest BCUT2D eigenvalue weighted by molar-refractivity contribution is -0.141. The van der Waals surface area contributed by atoms with E-state index in [1.807, 2.05) is 0 Å². The summed E-state index contributed by atoms with van der Waals surface area (Å²) in [6.45, 7) is 2.98. The van der Waals surface area contributed by atoms with Crippen molar-refractivity contribution < 1.29 is 18.0 Å². The van der Waals surface area contributed by atoms with E-state index >= 15 is 0 Å². The summed E-state index contributed by atoms with van der Waals surface area (Å²) >= 11 is 4.65. The molecule has 0 aromatic heterocycles. The highest BCUT2D eigenvalue weighted by Gasteiger charge is 2.31. The second kappa shape index (κ2) is 6.03. The Hall–Kier alpha value is -0.850. The van der Waals surface area contributed by atoms with Gasteiger partial charge in [-0.2, -0.15) is 13.2 Å². The van der Waals surface area contributed by atoms with Crippen molar-refractivity contribution in [2.75, 3.05) is 0 Å². The summed E-state index contributed by atoms with van der Waals surface area (Å²) < 4.78 is 36.0. The third kappa shape index (κ3) is 5.89. The second-order valence-electron chi connectivity index (χ2n) is 3.59.